The van der Waals surface area contributed by atoms with Crippen molar-refractivity contribution in [3.8, 4) is 11.1 Å². The van der Waals surface area contributed by atoms with Crippen molar-refractivity contribution in [3.05, 3.63) is 76.9 Å². The van der Waals surface area contributed by atoms with E-state index in [-0.39, 0.29) is 0 Å². The Morgan fingerprint density at radius 1 is 0.944 bits per heavy atom. The maximum absolute atomic E-state index is 2.79. The summed E-state index contributed by atoms with van der Waals surface area (Å²) in [5.41, 5.74) is 10.9. The van der Waals surface area contributed by atoms with Gasteiger partial charge in [0.2, 0.25) is 0 Å². The number of fused-ring (bicyclic) bond motifs is 4. The fourth-order valence-corrected chi connectivity index (χ4v) is 6.87. The van der Waals surface area contributed by atoms with Gasteiger partial charge in [-0.3, -0.25) is 0 Å². The molecule has 2 aliphatic carbocycles. The van der Waals surface area contributed by atoms with Crippen LogP contribution in [0.3, 0.4) is 0 Å². The fraction of sp³-hybridized carbons (Fsp3) is 0.543. The second kappa shape index (κ2) is 11.0. The van der Waals surface area contributed by atoms with Gasteiger partial charge in [-0.25, -0.2) is 0 Å². The minimum absolute atomic E-state index is 0.308. The van der Waals surface area contributed by atoms with Crippen molar-refractivity contribution in [2.45, 2.75) is 110 Å². The van der Waals surface area contributed by atoms with Crippen LogP contribution in [0.15, 0.2) is 65.8 Å². The molecule has 1 fully saturated rings. The lowest BCUT2D eigenvalue weighted by Crippen LogP contribution is -2.37. The van der Waals surface area contributed by atoms with Gasteiger partial charge in [-0.05, 0) is 97.4 Å². The topological polar surface area (TPSA) is 3.24 Å². The van der Waals surface area contributed by atoms with Crippen LogP contribution in [-0.4, -0.2) is 12.6 Å². The number of anilines is 1. The van der Waals surface area contributed by atoms with Crippen LogP contribution in [0.1, 0.15) is 109 Å². The van der Waals surface area contributed by atoms with E-state index in [4.69, 9.17) is 0 Å². The van der Waals surface area contributed by atoms with Crippen LogP contribution >= 0.6 is 0 Å². The van der Waals surface area contributed by atoms with Gasteiger partial charge in [0, 0.05) is 18.3 Å². The maximum atomic E-state index is 2.79. The normalized spacial score (nSPS) is 21.3. The molecule has 2 unspecified atom stereocenters. The van der Waals surface area contributed by atoms with Crippen molar-refractivity contribution >= 4 is 5.69 Å². The summed E-state index contributed by atoms with van der Waals surface area (Å²) in [5, 5.41) is 0. The molecule has 0 N–H and O–H groups in total. The molecule has 0 aromatic heterocycles. The second-order valence-corrected chi connectivity index (χ2v) is 12.9. The molecule has 1 saturated carbocycles. The minimum atomic E-state index is 0.308. The summed E-state index contributed by atoms with van der Waals surface area (Å²) < 4.78 is 0. The van der Waals surface area contributed by atoms with Crippen LogP contribution in [-0.2, 0) is 6.42 Å². The Morgan fingerprint density at radius 3 is 2.64 bits per heavy atom. The van der Waals surface area contributed by atoms with Crippen LogP contribution in [0, 0.1) is 5.41 Å². The quantitative estimate of drug-likeness (QED) is 0.322. The zero-order chi connectivity index (χ0) is 25.1. The molecule has 2 aromatic rings. The Morgan fingerprint density at radius 2 is 1.81 bits per heavy atom. The predicted octanol–water partition coefficient (Wildman–Crippen LogP) is 10.0. The van der Waals surface area contributed by atoms with Crippen molar-refractivity contribution in [3.63, 3.8) is 0 Å². The number of hydrogen-bond acceptors (Lipinski definition) is 1. The molecule has 0 amide bonds. The molecule has 2 aromatic carbocycles. The third-order valence-electron chi connectivity index (χ3n) is 8.62. The van der Waals surface area contributed by atoms with E-state index in [1.807, 2.05) is 0 Å². The highest BCUT2D eigenvalue weighted by molar-refractivity contribution is 5.73. The first-order valence-electron chi connectivity index (χ1n) is 14.8. The standard InChI is InChI=1S/C35H47N/c1-5-6-7-10-26-11-8-12-27(21-26)19-20-36-32-17-15-31(23-32)33-18-16-30(24-34(33)36)29-14-9-13-28(22-29)25-35(2,3)4/h9,12-14,16,18,21-22,24,31-32H,5-8,10-11,15,17,19-20,23,25H2,1-4H3. The SMILES string of the molecule is CCCCCC1=CC(CCN2c3cc(-c4cccc(CC(C)(C)C)c4)ccc3C3CCC2C3)=CCC1. The van der Waals surface area contributed by atoms with Crippen LogP contribution in [0.2, 0.25) is 0 Å². The third-order valence-corrected chi connectivity index (χ3v) is 8.62. The molecular formula is C35H47N. The average Bonchev–Trinajstić information content (AvgIpc) is 3.28. The third kappa shape index (κ3) is 5.99. The highest BCUT2D eigenvalue weighted by Crippen LogP contribution is 2.48. The van der Waals surface area contributed by atoms with Crippen molar-refractivity contribution in [2.75, 3.05) is 11.4 Å². The number of unbranched alkanes of at least 4 members (excludes halogenated alkanes) is 2. The van der Waals surface area contributed by atoms with E-state index in [1.54, 1.807) is 16.7 Å². The van der Waals surface area contributed by atoms with Crippen LogP contribution in [0.4, 0.5) is 5.69 Å². The maximum Gasteiger partial charge on any atom is 0.0410 e. The van der Waals surface area contributed by atoms with E-state index < -0.39 is 0 Å². The lowest BCUT2D eigenvalue weighted by atomic mass is 9.86. The zero-order valence-electron chi connectivity index (χ0n) is 23.3. The molecule has 1 heteroatoms. The first-order valence-corrected chi connectivity index (χ1v) is 14.8. The number of benzene rings is 2. The summed E-state index contributed by atoms with van der Waals surface area (Å²) in [6.45, 7) is 10.5. The molecule has 2 atom stereocenters. The molecule has 1 aliphatic heterocycles. The lowest BCUT2D eigenvalue weighted by Gasteiger charge is -2.38. The molecule has 1 nitrogen and oxygen atoms in total. The second-order valence-electron chi connectivity index (χ2n) is 12.9. The van der Waals surface area contributed by atoms with E-state index >= 15 is 0 Å². The molecule has 0 spiro atoms. The van der Waals surface area contributed by atoms with Crippen molar-refractivity contribution < 1.29 is 0 Å². The summed E-state index contributed by atoms with van der Waals surface area (Å²) in [5.74, 6) is 0.765. The van der Waals surface area contributed by atoms with Gasteiger partial charge in [-0.1, -0.05) is 100 Å². The molecule has 3 aliphatic rings. The van der Waals surface area contributed by atoms with Gasteiger partial charge in [0.05, 0.1) is 0 Å². The Hall–Kier alpha value is -2.28. The predicted molar refractivity (Wildman–Crippen MR) is 157 cm³/mol. The highest BCUT2D eigenvalue weighted by atomic mass is 15.2. The smallest absolute Gasteiger partial charge is 0.0410 e. The van der Waals surface area contributed by atoms with E-state index in [0.29, 0.717) is 5.41 Å². The zero-order valence-corrected chi connectivity index (χ0v) is 23.3. The van der Waals surface area contributed by atoms with Gasteiger partial charge in [0.15, 0.2) is 0 Å². The largest absolute Gasteiger partial charge is 0.368 e. The van der Waals surface area contributed by atoms with E-state index in [0.717, 1.165) is 24.9 Å². The molecule has 192 valence electrons. The first kappa shape index (κ1) is 25.4. The fourth-order valence-electron chi connectivity index (χ4n) is 6.87. The average molecular weight is 482 g/mol. The molecule has 5 rings (SSSR count). The highest BCUT2D eigenvalue weighted by Gasteiger charge is 2.37. The Labute approximate surface area is 220 Å². The van der Waals surface area contributed by atoms with Gasteiger partial charge in [0.25, 0.3) is 0 Å². The van der Waals surface area contributed by atoms with Crippen molar-refractivity contribution in [1.29, 1.82) is 0 Å². The van der Waals surface area contributed by atoms with Gasteiger partial charge in [-0.15, -0.1) is 0 Å². The number of nitrogens with zero attached hydrogens (tertiary/aromatic N) is 1. The number of allylic oxidation sites excluding steroid dienone is 3. The molecule has 1 heterocycles. The van der Waals surface area contributed by atoms with Crippen LogP contribution in [0.25, 0.3) is 11.1 Å². The van der Waals surface area contributed by atoms with Crippen LogP contribution in [0.5, 0.6) is 0 Å². The molecule has 0 radical (unpaired) electrons. The Balaban J connectivity index is 1.35. The van der Waals surface area contributed by atoms with Crippen molar-refractivity contribution in [2.24, 2.45) is 5.41 Å². The van der Waals surface area contributed by atoms with Crippen LogP contribution < -0.4 is 4.90 Å². The molecule has 2 bridgehead atoms. The summed E-state index contributed by atoms with van der Waals surface area (Å²) in [6, 6.07) is 17.4. The van der Waals surface area contributed by atoms with Gasteiger partial charge < -0.3 is 4.90 Å². The summed E-state index contributed by atoms with van der Waals surface area (Å²) >= 11 is 0. The van der Waals surface area contributed by atoms with Gasteiger partial charge in [-0.2, -0.15) is 0 Å². The van der Waals surface area contributed by atoms with E-state index in [1.165, 1.54) is 86.6 Å². The summed E-state index contributed by atoms with van der Waals surface area (Å²) in [4.78, 5) is 2.79. The monoisotopic (exact) mass is 481 g/mol. The van der Waals surface area contributed by atoms with Gasteiger partial charge in [0.1, 0.15) is 0 Å². The molecule has 36 heavy (non-hydrogen) atoms. The minimum Gasteiger partial charge on any atom is -0.368 e. The number of hydrogen-bond donors (Lipinski definition) is 0. The molecular weight excluding hydrogens is 434 g/mol. The van der Waals surface area contributed by atoms with E-state index in [9.17, 15) is 0 Å². The first-order chi connectivity index (χ1) is 17.4. The van der Waals surface area contributed by atoms with E-state index in [2.05, 4.69) is 87.2 Å². The van der Waals surface area contributed by atoms with Gasteiger partial charge >= 0.3 is 0 Å². The number of rotatable bonds is 9. The lowest BCUT2D eigenvalue weighted by molar-refractivity contribution is 0.411. The van der Waals surface area contributed by atoms with Crippen molar-refractivity contribution in [1.82, 2.24) is 0 Å². The Bertz CT molecular complexity index is 1110. The summed E-state index contributed by atoms with van der Waals surface area (Å²) in [6.07, 6.45) is 19.3. The summed E-state index contributed by atoms with van der Waals surface area (Å²) in [7, 11) is 0. The Kier molecular flexibility index (Phi) is 7.75. The molecule has 0 saturated heterocycles.